The van der Waals surface area contributed by atoms with E-state index in [1.54, 1.807) is 6.92 Å². The highest BCUT2D eigenvalue weighted by molar-refractivity contribution is 5.69. The van der Waals surface area contributed by atoms with Crippen molar-refractivity contribution < 1.29 is 9.90 Å². The predicted octanol–water partition coefficient (Wildman–Crippen LogP) is -0.0123. The first-order valence-corrected chi connectivity index (χ1v) is 4.27. The van der Waals surface area contributed by atoms with Crippen LogP contribution in [0.2, 0.25) is 0 Å². The van der Waals surface area contributed by atoms with Gasteiger partial charge in [0.15, 0.2) is 0 Å². The van der Waals surface area contributed by atoms with Crippen molar-refractivity contribution in [3.05, 3.63) is 0 Å². The van der Waals surface area contributed by atoms with Gasteiger partial charge in [-0.3, -0.25) is 4.79 Å². The van der Waals surface area contributed by atoms with E-state index in [0.29, 0.717) is 13.1 Å². The number of hydrogen-bond donors (Lipinski definition) is 2. The SMILES string of the molecule is CCN(CCN)CC(C)C(=O)O. The Morgan fingerprint density at radius 2 is 2.25 bits per heavy atom. The molecular weight excluding hydrogens is 156 g/mol. The predicted molar refractivity (Wildman–Crippen MR) is 48.0 cm³/mol. The zero-order chi connectivity index (χ0) is 9.56. The first kappa shape index (κ1) is 11.4. The molecule has 0 aromatic rings. The third kappa shape index (κ3) is 4.31. The summed E-state index contributed by atoms with van der Waals surface area (Å²) in [4.78, 5) is 12.5. The molecule has 0 aliphatic carbocycles. The van der Waals surface area contributed by atoms with Crippen LogP contribution in [0.15, 0.2) is 0 Å². The second-order valence-electron chi connectivity index (χ2n) is 2.92. The molecule has 0 fully saturated rings. The van der Waals surface area contributed by atoms with Gasteiger partial charge < -0.3 is 15.7 Å². The molecule has 0 aliphatic rings. The van der Waals surface area contributed by atoms with Crippen molar-refractivity contribution in [2.75, 3.05) is 26.2 Å². The number of likely N-dealkylation sites (N-methyl/N-ethyl adjacent to an activating group) is 1. The van der Waals surface area contributed by atoms with Gasteiger partial charge in [-0.25, -0.2) is 0 Å². The lowest BCUT2D eigenvalue weighted by Crippen LogP contribution is -2.35. The fourth-order valence-corrected chi connectivity index (χ4v) is 1.03. The summed E-state index contributed by atoms with van der Waals surface area (Å²) in [6.07, 6.45) is 0. The number of aliphatic carboxylic acids is 1. The summed E-state index contributed by atoms with van der Waals surface area (Å²) in [7, 11) is 0. The van der Waals surface area contributed by atoms with Crippen LogP contribution in [0.3, 0.4) is 0 Å². The van der Waals surface area contributed by atoms with Gasteiger partial charge >= 0.3 is 5.97 Å². The molecule has 1 atom stereocenters. The van der Waals surface area contributed by atoms with Gasteiger partial charge in [-0.1, -0.05) is 13.8 Å². The molecule has 4 nitrogen and oxygen atoms in total. The van der Waals surface area contributed by atoms with E-state index in [9.17, 15) is 4.79 Å². The summed E-state index contributed by atoms with van der Waals surface area (Å²) in [5.41, 5.74) is 5.37. The van der Waals surface area contributed by atoms with Crippen LogP contribution < -0.4 is 5.73 Å². The standard InChI is InChI=1S/C8H18N2O2/c1-3-10(5-4-9)6-7(2)8(11)12/h7H,3-6,9H2,1-2H3,(H,11,12). The lowest BCUT2D eigenvalue weighted by Gasteiger charge is -2.21. The topological polar surface area (TPSA) is 66.6 Å². The highest BCUT2D eigenvalue weighted by Gasteiger charge is 2.13. The first-order chi connectivity index (χ1) is 5.61. The molecule has 4 heteroatoms. The van der Waals surface area contributed by atoms with Crippen molar-refractivity contribution in [3.8, 4) is 0 Å². The summed E-state index contributed by atoms with van der Waals surface area (Å²) in [6, 6.07) is 0. The van der Waals surface area contributed by atoms with Gasteiger partial charge in [-0.15, -0.1) is 0 Å². The summed E-state index contributed by atoms with van der Waals surface area (Å²) in [5, 5.41) is 8.64. The minimum absolute atomic E-state index is 0.309. The first-order valence-electron chi connectivity index (χ1n) is 4.27. The van der Waals surface area contributed by atoms with E-state index < -0.39 is 5.97 Å². The Bertz CT molecular complexity index is 139. The van der Waals surface area contributed by atoms with E-state index in [1.807, 2.05) is 11.8 Å². The third-order valence-electron chi connectivity index (χ3n) is 1.85. The van der Waals surface area contributed by atoms with Gasteiger partial charge in [-0.05, 0) is 6.54 Å². The molecule has 0 saturated carbocycles. The number of carboxylic acids is 1. The van der Waals surface area contributed by atoms with Crippen LogP contribution in [-0.2, 0) is 4.79 Å². The maximum Gasteiger partial charge on any atom is 0.307 e. The zero-order valence-corrected chi connectivity index (χ0v) is 7.79. The van der Waals surface area contributed by atoms with E-state index in [-0.39, 0.29) is 5.92 Å². The molecular formula is C8H18N2O2. The smallest absolute Gasteiger partial charge is 0.307 e. The normalized spacial score (nSPS) is 13.3. The van der Waals surface area contributed by atoms with E-state index in [0.717, 1.165) is 13.1 Å². The van der Waals surface area contributed by atoms with Gasteiger partial charge in [0.25, 0.3) is 0 Å². The maximum atomic E-state index is 10.5. The second kappa shape index (κ2) is 5.97. The lowest BCUT2D eigenvalue weighted by atomic mass is 10.2. The van der Waals surface area contributed by atoms with Gasteiger partial charge in [-0.2, -0.15) is 0 Å². The Labute approximate surface area is 73.3 Å². The molecule has 1 unspecified atom stereocenters. The Balaban J connectivity index is 3.76. The monoisotopic (exact) mass is 174 g/mol. The molecule has 0 aliphatic heterocycles. The van der Waals surface area contributed by atoms with Crippen LogP contribution in [0.4, 0.5) is 0 Å². The highest BCUT2D eigenvalue weighted by Crippen LogP contribution is 1.98. The fourth-order valence-electron chi connectivity index (χ4n) is 1.03. The van der Waals surface area contributed by atoms with Crippen molar-refractivity contribution in [1.82, 2.24) is 4.90 Å². The van der Waals surface area contributed by atoms with Crippen molar-refractivity contribution in [3.63, 3.8) is 0 Å². The van der Waals surface area contributed by atoms with Crippen LogP contribution in [-0.4, -0.2) is 42.2 Å². The van der Waals surface area contributed by atoms with E-state index in [1.165, 1.54) is 0 Å². The Hall–Kier alpha value is -0.610. The molecule has 0 bridgehead atoms. The average Bonchev–Trinajstić information content (AvgIpc) is 2.03. The van der Waals surface area contributed by atoms with Crippen molar-refractivity contribution in [2.45, 2.75) is 13.8 Å². The van der Waals surface area contributed by atoms with Gasteiger partial charge in [0.05, 0.1) is 5.92 Å². The minimum Gasteiger partial charge on any atom is -0.481 e. The number of nitrogens with zero attached hydrogens (tertiary/aromatic N) is 1. The van der Waals surface area contributed by atoms with Crippen LogP contribution in [0.5, 0.6) is 0 Å². The molecule has 0 amide bonds. The Morgan fingerprint density at radius 1 is 1.67 bits per heavy atom. The molecule has 3 N–H and O–H groups in total. The quantitative estimate of drug-likeness (QED) is 0.594. The third-order valence-corrected chi connectivity index (χ3v) is 1.85. The lowest BCUT2D eigenvalue weighted by molar-refractivity contribution is -0.141. The second-order valence-corrected chi connectivity index (χ2v) is 2.92. The molecule has 0 rings (SSSR count). The molecule has 12 heavy (non-hydrogen) atoms. The van der Waals surface area contributed by atoms with E-state index in [2.05, 4.69) is 0 Å². The summed E-state index contributed by atoms with van der Waals surface area (Å²) < 4.78 is 0. The van der Waals surface area contributed by atoms with Gasteiger partial charge in [0, 0.05) is 19.6 Å². The van der Waals surface area contributed by atoms with Gasteiger partial charge in [0.2, 0.25) is 0 Å². The van der Waals surface area contributed by atoms with Crippen LogP contribution >= 0.6 is 0 Å². The molecule has 0 saturated heterocycles. The minimum atomic E-state index is -0.745. The summed E-state index contributed by atoms with van der Waals surface area (Å²) in [6.45, 7) is 6.51. The maximum absolute atomic E-state index is 10.5. The van der Waals surface area contributed by atoms with Crippen LogP contribution in [0.1, 0.15) is 13.8 Å². The molecule has 0 heterocycles. The molecule has 0 aromatic carbocycles. The molecule has 72 valence electrons. The van der Waals surface area contributed by atoms with E-state index >= 15 is 0 Å². The molecule has 0 radical (unpaired) electrons. The molecule has 0 spiro atoms. The zero-order valence-electron chi connectivity index (χ0n) is 7.79. The summed E-state index contributed by atoms with van der Waals surface area (Å²) in [5.74, 6) is -1.05. The van der Waals surface area contributed by atoms with Crippen molar-refractivity contribution in [1.29, 1.82) is 0 Å². The number of nitrogens with two attached hydrogens (primary N) is 1. The summed E-state index contributed by atoms with van der Waals surface area (Å²) >= 11 is 0. The van der Waals surface area contributed by atoms with Crippen molar-refractivity contribution in [2.24, 2.45) is 11.7 Å². The van der Waals surface area contributed by atoms with Crippen molar-refractivity contribution >= 4 is 5.97 Å². The Kier molecular flexibility index (Phi) is 5.66. The fraction of sp³-hybridized carbons (Fsp3) is 0.875. The number of rotatable bonds is 6. The van der Waals surface area contributed by atoms with Crippen LogP contribution in [0, 0.1) is 5.92 Å². The number of hydrogen-bond acceptors (Lipinski definition) is 3. The average molecular weight is 174 g/mol. The van der Waals surface area contributed by atoms with Gasteiger partial charge in [0.1, 0.15) is 0 Å². The highest BCUT2D eigenvalue weighted by atomic mass is 16.4. The molecule has 0 aromatic heterocycles. The Morgan fingerprint density at radius 3 is 2.58 bits per heavy atom. The van der Waals surface area contributed by atoms with Crippen LogP contribution in [0.25, 0.3) is 0 Å². The number of carboxylic acid groups (broad SMARTS) is 1. The van der Waals surface area contributed by atoms with E-state index in [4.69, 9.17) is 10.8 Å². The largest absolute Gasteiger partial charge is 0.481 e. The number of carbonyl (C=O) groups is 1.